The summed E-state index contributed by atoms with van der Waals surface area (Å²) < 4.78 is 26.2. The predicted octanol–water partition coefficient (Wildman–Crippen LogP) is 2.96. The summed E-state index contributed by atoms with van der Waals surface area (Å²) >= 11 is 3.48. The average molecular weight is 304 g/mol. The smallest absolute Gasteiger partial charge is 0.256 e. The van der Waals surface area contributed by atoms with Crippen molar-refractivity contribution in [3.8, 4) is 0 Å². The molecular formula is C12H12BrF2NO. The minimum Gasteiger partial charge on any atom is -0.338 e. The van der Waals surface area contributed by atoms with E-state index in [0.717, 1.165) is 25.0 Å². The van der Waals surface area contributed by atoms with Gasteiger partial charge in [0.25, 0.3) is 5.91 Å². The zero-order valence-corrected chi connectivity index (χ0v) is 10.7. The number of hydrogen-bond acceptors (Lipinski definition) is 1. The first-order valence-corrected chi connectivity index (χ1v) is 6.38. The van der Waals surface area contributed by atoms with E-state index < -0.39 is 11.6 Å². The molecule has 1 aliphatic rings. The highest BCUT2D eigenvalue weighted by Crippen LogP contribution is 2.20. The number of amides is 1. The topological polar surface area (TPSA) is 20.3 Å². The second-order valence-corrected chi connectivity index (χ2v) is 5.39. The van der Waals surface area contributed by atoms with E-state index in [-0.39, 0.29) is 11.5 Å². The summed E-state index contributed by atoms with van der Waals surface area (Å²) in [5.41, 5.74) is -0.0561. The lowest BCUT2D eigenvalue weighted by atomic mass is 10.1. The lowest BCUT2D eigenvalue weighted by molar-refractivity contribution is 0.0723. The van der Waals surface area contributed by atoms with E-state index in [4.69, 9.17) is 0 Å². The zero-order chi connectivity index (χ0) is 12.4. The number of benzene rings is 1. The predicted molar refractivity (Wildman–Crippen MR) is 64.2 cm³/mol. The largest absolute Gasteiger partial charge is 0.338 e. The van der Waals surface area contributed by atoms with Crippen LogP contribution >= 0.6 is 15.9 Å². The summed E-state index contributed by atoms with van der Waals surface area (Å²) in [6, 6.07) is 3.05. The van der Waals surface area contributed by atoms with Crippen LogP contribution in [0, 0.1) is 11.6 Å². The molecule has 0 saturated carbocycles. The van der Waals surface area contributed by atoms with Crippen molar-refractivity contribution in [3.63, 3.8) is 0 Å². The number of hydrogen-bond donors (Lipinski definition) is 0. The molecule has 0 radical (unpaired) electrons. The van der Waals surface area contributed by atoms with Gasteiger partial charge in [-0.05, 0) is 25.0 Å². The first kappa shape index (κ1) is 12.5. The molecule has 0 N–H and O–H groups in total. The number of rotatable bonds is 1. The maximum atomic E-state index is 13.4. The van der Waals surface area contributed by atoms with Gasteiger partial charge in [0, 0.05) is 24.0 Å². The number of carbonyl (C=O) groups is 1. The fraction of sp³-hybridized carbons (Fsp3) is 0.417. The molecule has 1 saturated heterocycles. The molecule has 17 heavy (non-hydrogen) atoms. The van der Waals surface area contributed by atoms with Crippen molar-refractivity contribution in [1.82, 2.24) is 4.90 Å². The van der Waals surface area contributed by atoms with E-state index >= 15 is 0 Å². The first-order chi connectivity index (χ1) is 8.08. The van der Waals surface area contributed by atoms with Gasteiger partial charge in [-0.1, -0.05) is 15.9 Å². The monoisotopic (exact) mass is 303 g/mol. The van der Waals surface area contributed by atoms with Crippen LogP contribution in [-0.4, -0.2) is 28.7 Å². The lowest BCUT2D eigenvalue weighted by Gasteiger charge is -2.29. The molecule has 0 unspecified atom stereocenters. The number of alkyl halides is 1. The molecule has 0 bridgehead atoms. The Bertz CT molecular complexity index is 431. The van der Waals surface area contributed by atoms with Crippen LogP contribution in [0.2, 0.25) is 0 Å². The van der Waals surface area contributed by atoms with Crippen molar-refractivity contribution in [1.29, 1.82) is 0 Å². The Morgan fingerprint density at radius 3 is 2.53 bits per heavy atom. The summed E-state index contributed by atoms with van der Waals surface area (Å²) in [6.45, 7) is 1.21. The number of halogens is 3. The van der Waals surface area contributed by atoms with Crippen LogP contribution in [0.4, 0.5) is 8.78 Å². The molecule has 1 heterocycles. The van der Waals surface area contributed by atoms with Crippen LogP contribution in [0.3, 0.4) is 0 Å². The third-order valence-corrected chi connectivity index (χ3v) is 3.79. The Balaban J connectivity index is 2.14. The quantitative estimate of drug-likeness (QED) is 0.731. The summed E-state index contributed by atoms with van der Waals surface area (Å²) in [5.74, 6) is -1.82. The molecule has 5 heteroatoms. The van der Waals surface area contributed by atoms with Gasteiger partial charge in [0.05, 0.1) is 5.56 Å². The van der Waals surface area contributed by atoms with Crippen molar-refractivity contribution in [2.75, 3.05) is 13.1 Å². The normalized spacial score (nSPS) is 17.2. The van der Waals surface area contributed by atoms with Gasteiger partial charge in [-0.3, -0.25) is 4.79 Å². The highest BCUT2D eigenvalue weighted by molar-refractivity contribution is 9.09. The van der Waals surface area contributed by atoms with Crippen LogP contribution in [0.5, 0.6) is 0 Å². The van der Waals surface area contributed by atoms with Crippen molar-refractivity contribution < 1.29 is 13.6 Å². The van der Waals surface area contributed by atoms with Gasteiger partial charge in [0.1, 0.15) is 11.6 Å². The van der Waals surface area contributed by atoms with E-state index in [1.165, 1.54) is 6.07 Å². The fourth-order valence-corrected chi connectivity index (χ4v) is 2.29. The van der Waals surface area contributed by atoms with E-state index in [9.17, 15) is 13.6 Å². The van der Waals surface area contributed by atoms with Crippen LogP contribution in [-0.2, 0) is 0 Å². The van der Waals surface area contributed by atoms with Crippen molar-refractivity contribution in [2.45, 2.75) is 17.7 Å². The molecule has 0 aromatic heterocycles. The number of nitrogens with zero attached hydrogens (tertiary/aromatic N) is 1. The van der Waals surface area contributed by atoms with Crippen molar-refractivity contribution >= 4 is 21.8 Å². The maximum Gasteiger partial charge on any atom is 0.256 e. The van der Waals surface area contributed by atoms with Gasteiger partial charge < -0.3 is 4.90 Å². The van der Waals surface area contributed by atoms with Gasteiger partial charge in [-0.15, -0.1) is 0 Å². The standard InChI is InChI=1S/C12H12BrF2NO/c13-8-3-5-16(6-4-8)12(17)10-2-1-9(14)7-11(10)15/h1-2,7-8H,3-6H2. The molecule has 92 valence electrons. The van der Waals surface area contributed by atoms with E-state index in [2.05, 4.69) is 15.9 Å². The Kier molecular flexibility index (Phi) is 3.76. The highest BCUT2D eigenvalue weighted by atomic mass is 79.9. The molecule has 0 spiro atoms. The van der Waals surface area contributed by atoms with Crippen LogP contribution in [0.1, 0.15) is 23.2 Å². The summed E-state index contributed by atoms with van der Waals surface area (Å²) in [7, 11) is 0. The Labute approximate surface area is 107 Å². The van der Waals surface area contributed by atoms with E-state index in [0.29, 0.717) is 17.9 Å². The molecule has 0 aliphatic carbocycles. The van der Waals surface area contributed by atoms with Crippen LogP contribution in [0.25, 0.3) is 0 Å². The average Bonchev–Trinajstić information content (AvgIpc) is 2.29. The summed E-state index contributed by atoms with van der Waals surface area (Å²) in [5, 5.41) is 0. The minimum absolute atomic E-state index is 0.0561. The van der Waals surface area contributed by atoms with E-state index in [1.54, 1.807) is 4.90 Å². The Morgan fingerprint density at radius 2 is 1.94 bits per heavy atom. The molecule has 1 fully saturated rings. The maximum absolute atomic E-state index is 13.4. The fourth-order valence-electron chi connectivity index (χ4n) is 1.88. The minimum atomic E-state index is -0.795. The Hall–Kier alpha value is -0.970. The Morgan fingerprint density at radius 1 is 1.29 bits per heavy atom. The number of likely N-dealkylation sites (tertiary alicyclic amines) is 1. The van der Waals surface area contributed by atoms with Gasteiger partial charge >= 0.3 is 0 Å². The molecule has 0 atom stereocenters. The van der Waals surface area contributed by atoms with Gasteiger partial charge in [0.2, 0.25) is 0 Å². The molecule has 2 nitrogen and oxygen atoms in total. The second kappa shape index (κ2) is 5.12. The summed E-state index contributed by atoms with van der Waals surface area (Å²) in [6.07, 6.45) is 1.71. The molecular weight excluding hydrogens is 292 g/mol. The van der Waals surface area contributed by atoms with Crippen LogP contribution < -0.4 is 0 Å². The molecule has 1 aromatic carbocycles. The molecule has 1 amide bonds. The molecule has 1 aromatic rings. The third kappa shape index (κ3) is 2.83. The third-order valence-electron chi connectivity index (χ3n) is 2.87. The molecule has 1 aliphatic heterocycles. The second-order valence-electron chi connectivity index (χ2n) is 4.09. The SMILES string of the molecule is O=C(c1ccc(F)cc1F)N1CCC(Br)CC1. The molecule has 2 rings (SSSR count). The van der Waals surface area contributed by atoms with Gasteiger partial charge in [0.15, 0.2) is 0 Å². The first-order valence-electron chi connectivity index (χ1n) is 5.46. The van der Waals surface area contributed by atoms with E-state index in [1.807, 2.05) is 0 Å². The number of carbonyl (C=O) groups excluding carboxylic acids is 1. The van der Waals surface area contributed by atoms with Gasteiger partial charge in [-0.2, -0.15) is 0 Å². The zero-order valence-electron chi connectivity index (χ0n) is 9.13. The van der Waals surface area contributed by atoms with Crippen LogP contribution in [0.15, 0.2) is 18.2 Å². The van der Waals surface area contributed by atoms with Crippen molar-refractivity contribution in [3.05, 3.63) is 35.4 Å². The lowest BCUT2D eigenvalue weighted by Crippen LogP contribution is -2.39. The number of piperidine rings is 1. The summed E-state index contributed by atoms with van der Waals surface area (Å²) in [4.78, 5) is 14.0. The van der Waals surface area contributed by atoms with Crippen molar-refractivity contribution in [2.24, 2.45) is 0 Å². The van der Waals surface area contributed by atoms with Gasteiger partial charge in [-0.25, -0.2) is 8.78 Å². The highest BCUT2D eigenvalue weighted by Gasteiger charge is 2.24.